The number of hydrogen-bond acceptors (Lipinski definition) is 6. The fourth-order valence-corrected chi connectivity index (χ4v) is 3.10. The lowest BCUT2D eigenvalue weighted by Crippen LogP contribution is -2.25. The third-order valence-electron chi connectivity index (χ3n) is 5.14. The highest BCUT2D eigenvalue weighted by molar-refractivity contribution is 5.90. The van der Waals surface area contributed by atoms with Gasteiger partial charge in [-0.1, -0.05) is 18.7 Å². The van der Waals surface area contributed by atoms with E-state index < -0.39 is 18.0 Å². The summed E-state index contributed by atoms with van der Waals surface area (Å²) in [4.78, 5) is 23.8. The van der Waals surface area contributed by atoms with Gasteiger partial charge in [0.05, 0.1) is 18.6 Å². The van der Waals surface area contributed by atoms with Gasteiger partial charge in [0.15, 0.2) is 0 Å². The molecule has 0 amide bonds. The maximum Gasteiger partial charge on any atom is 0.334 e. The second-order valence-electron chi connectivity index (χ2n) is 7.07. The van der Waals surface area contributed by atoms with Crippen molar-refractivity contribution in [2.45, 2.75) is 51.7 Å². The maximum atomic E-state index is 11.9. The summed E-state index contributed by atoms with van der Waals surface area (Å²) in [5, 5.41) is 19.0. The molecule has 2 aliphatic rings. The van der Waals surface area contributed by atoms with Gasteiger partial charge in [-0.3, -0.25) is 4.79 Å². The van der Waals surface area contributed by atoms with Crippen molar-refractivity contribution in [1.29, 1.82) is 0 Å². The second kappa shape index (κ2) is 9.14. The van der Waals surface area contributed by atoms with Gasteiger partial charge in [-0.25, -0.2) is 4.79 Å². The van der Waals surface area contributed by atoms with Gasteiger partial charge >= 0.3 is 11.9 Å². The largest absolute Gasteiger partial charge is 0.461 e. The SMILES string of the molecule is C=C1C(=O)O[C@H]2C/C(CO)=C\CC/C(COC(=O)C(C)C(C)O)=C/C[C@H]12. The van der Waals surface area contributed by atoms with Gasteiger partial charge in [-0.2, -0.15) is 0 Å². The molecule has 6 nitrogen and oxygen atoms in total. The molecule has 0 bridgehead atoms. The molecule has 1 saturated heterocycles. The summed E-state index contributed by atoms with van der Waals surface area (Å²) in [6.45, 7) is 7.09. The molecule has 1 aliphatic carbocycles. The van der Waals surface area contributed by atoms with Crippen LogP contribution in [0.25, 0.3) is 0 Å². The standard InChI is InChI=1S/C20H28O6/c1-12(14(3)22)19(23)25-11-15-5-4-6-16(10-21)9-18-17(8-7-15)13(2)20(24)26-18/h6-7,12,14,17-18,21-22H,2,4-5,8-11H2,1,3H3/b15-7-,16-6+/t12?,14?,17-,18+/m1/s1. The first kappa shape index (κ1) is 20.4. The highest BCUT2D eigenvalue weighted by Gasteiger charge is 2.38. The number of allylic oxidation sites excluding steroid dienone is 2. The molecule has 144 valence electrons. The van der Waals surface area contributed by atoms with Crippen molar-refractivity contribution in [3.63, 3.8) is 0 Å². The molecule has 2 rings (SSSR count). The fraction of sp³-hybridized carbons (Fsp3) is 0.600. The van der Waals surface area contributed by atoms with Crippen LogP contribution in [0.2, 0.25) is 0 Å². The summed E-state index contributed by atoms with van der Waals surface area (Å²) in [7, 11) is 0. The predicted octanol–water partition coefficient (Wildman–Crippen LogP) is 2.06. The van der Waals surface area contributed by atoms with E-state index in [1.165, 1.54) is 0 Å². The number of carbonyl (C=O) groups excluding carboxylic acids is 2. The smallest absolute Gasteiger partial charge is 0.334 e. The van der Waals surface area contributed by atoms with Crippen molar-refractivity contribution in [1.82, 2.24) is 0 Å². The van der Waals surface area contributed by atoms with Crippen LogP contribution in [-0.2, 0) is 19.1 Å². The first-order chi connectivity index (χ1) is 12.3. The van der Waals surface area contributed by atoms with Gasteiger partial charge in [0.25, 0.3) is 0 Å². The lowest BCUT2D eigenvalue weighted by Gasteiger charge is -2.20. The van der Waals surface area contributed by atoms with Crippen molar-refractivity contribution < 1.29 is 29.3 Å². The summed E-state index contributed by atoms with van der Waals surface area (Å²) in [5.74, 6) is -1.55. The monoisotopic (exact) mass is 364 g/mol. The number of rotatable bonds is 5. The van der Waals surface area contributed by atoms with Crippen molar-refractivity contribution >= 4 is 11.9 Å². The van der Waals surface area contributed by atoms with E-state index in [1.54, 1.807) is 13.8 Å². The fourth-order valence-electron chi connectivity index (χ4n) is 3.10. The molecule has 1 fully saturated rings. The van der Waals surface area contributed by atoms with E-state index in [-0.39, 0.29) is 31.2 Å². The first-order valence-electron chi connectivity index (χ1n) is 9.04. The molecule has 0 saturated carbocycles. The topological polar surface area (TPSA) is 93.1 Å². The van der Waals surface area contributed by atoms with E-state index in [0.29, 0.717) is 31.3 Å². The van der Waals surface area contributed by atoms with Crippen molar-refractivity contribution in [3.8, 4) is 0 Å². The summed E-state index contributed by atoms with van der Waals surface area (Å²) < 4.78 is 10.7. The molecule has 1 heterocycles. The van der Waals surface area contributed by atoms with Gasteiger partial charge in [0, 0.05) is 17.9 Å². The van der Waals surface area contributed by atoms with Crippen molar-refractivity contribution in [2.24, 2.45) is 11.8 Å². The van der Waals surface area contributed by atoms with Crippen molar-refractivity contribution in [3.05, 3.63) is 35.5 Å². The highest BCUT2D eigenvalue weighted by atomic mass is 16.6. The van der Waals surface area contributed by atoms with E-state index in [2.05, 4.69) is 6.58 Å². The Morgan fingerprint density at radius 3 is 2.77 bits per heavy atom. The highest BCUT2D eigenvalue weighted by Crippen LogP contribution is 2.34. The molecule has 0 aromatic rings. The third kappa shape index (κ3) is 5.05. The molecular formula is C20H28O6. The molecular weight excluding hydrogens is 336 g/mol. The number of aliphatic hydroxyl groups is 2. The van der Waals surface area contributed by atoms with Crippen LogP contribution < -0.4 is 0 Å². The second-order valence-corrected chi connectivity index (χ2v) is 7.07. The molecule has 2 unspecified atom stereocenters. The molecule has 0 radical (unpaired) electrons. The van der Waals surface area contributed by atoms with Crippen LogP contribution in [0.15, 0.2) is 35.5 Å². The zero-order valence-corrected chi connectivity index (χ0v) is 15.4. The molecule has 2 N–H and O–H groups in total. The number of fused-ring (bicyclic) bond motifs is 1. The summed E-state index contributed by atoms with van der Waals surface area (Å²) >= 11 is 0. The van der Waals surface area contributed by atoms with Crippen LogP contribution in [-0.4, -0.2) is 47.6 Å². The molecule has 4 atom stereocenters. The van der Waals surface area contributed by atoms with E-state index in [0.717, 1.165) is 11.1 Å². The molecule has 0 spiro atoms. The number of esters is 2. The number of carbonyl (C=O) groups is 2. The Bertz CT molecular complexity index is 616. The first-order valence-corrected chi connectivity index (χ1v) is 9.04. The molecule has 1 aliphatic heterocycles. The van der Waals surface area contributed by atoms with Gasteiger partial charge < -0.3 is 19.7 Å². The normalized spacial score (nSPS) is 30.2. The zero-order chi connectivity index (χ0) is 19.3. The summed E-state index contributed by atoms with van der Waals surface area (Å²) in [6, 6.07) is 0. The Hall–Kier alpha value is -1.92. The Kier molecular flexibility index (Phi) is 7.17. The maximum absolute atomic E-state index is 11.9. The molecule has 6 heteroatoms. The minimum atomic E-state index is -0.763. The average Bonchev–Trinajstić information content (AvgIpc) is 2.88. The van der Waals surface area contributed by atoms with Crippen LogP contribution in [0.4, 0.5) is 0 Å². The molecule has 26 heavy (non-hydrogen) atoms. The lowest BCUT2D eigenvalue weighted by atomic mass is 9.87. The average molecular weight is 364 g/mol. The third-order valence-corrected chi connectivity index (χ3v) is 5.14. The number of aliphatic hydroxyl groups excluding tert-OH is 2. The van der Waals surface area contributed by atoms with Crippen LogP contribution in [0.5, 0.6) is 0 Å². The van der Waals surface area contributed by atoms with Crippen LogP contribution in [0.3, 0.4) is 0 Å². The Morgan fingerprint density at radius 1 is 1.38 bits per heavy atom. The number of ether oxygens (including phenoxy) is 2. The molecule has 0 aromatic carbocycles. The predicted molar refractivity (Wildman–Crippen MR) is 96.0 cm³/mol. The minimum absolute atomic E-state index is 0.0762. The Morgan fingerprint density at radius 2 is 2.12 bits per heavy atom. The van der Waals surface area contributed by atoms with Gasteiger partial charge in [0.2, 0.25) is 0 Å². The summed E-state index contributed by atoms with van der Waals surface area (Å²) in [6.07, 6.45) is 5.34. The lowest BCUT2D eigenvalue weighted by molar-refractivity contribution is -0.150. The zero-order valence-electron chi connectivity index (χ0n) is 15.4. The van der Waals surface area contributed by atoms with Crippen LogP contribution in [0, 0.1) is 11.8 Å². The van der Waals surface area contributed by atoms with Gasteiger partial charge in [-0.05, 0) is 44.3 Å². The van der Waals surface area contributed by atoms with E-state index in [9.17, 15) is 19.8 Å². The van der Waals surface area contributed by atoms with Crippen LogP contribution >= 0.6 is 0 Å². The van der Waals surface area contributed by atoms with Gasteiger partial charge in [-0.15, -0.1) is 0 Å². The minimum Gasteiger partial charge on any atom is -0.461 e. The molecule has 0 aromatic heterocycles. The number of hydrogen-bond donors (Lipinski definition) is 2. The van der Waals surface area contributed by atoms with E-state index >= 15 is 0 Å². The van der Waals surface area contributed by atoms with Gasteiger partial charge in [0.1, 0.15) is 12.7 Å². The quantitative estimate of drug-likeness (QED) is 0.441. The van der Waals surface area contributed by atoms with E-state index in [1.807, 2.05) is 12.2 Å². The van der Waals surface area contributed by atoms with E-state index in [4.69, 9.17) is 9.47 Å². The Balaban J connectivity index is 2.10. The van der Waals surface area contributed by atoms with Crippen molar-refractivity contribution in [2.75, 3.05) is 13.2 Å². The summed E-state index contributed by atoms with van der Waals surface area (Å²) in [5.41, 5.74) is 2.23. The Labute approximate surface area is 154 Å². The van der Waals surface area contributed by atoms with Crippen LogP contribution in [0.1, 0.15) is 39.5 Å².